The van der Waals surface area contributed by atoms with Crippen molar-refractivity contribution in [2.45, 2.75) is 6.54 Å². The Morgan fingerprint density at radius 3 is 2.67 bits per heavy atom. The Labute approximate surface area is 122 Å². The molecule has 21 heavy (non-hydrogen) atoms. The fourth-order valence-corrected chi connectivity index (χ4v) is 1.99. The number of methoxy groups -OCH3 is 1. The predicted octanol–water partition coefficient (Wildman–Crippen LogP) is 2.70. The van der Waals surface area contributed by atoms with Gasteiger partial charge in [0.1, 0.15) is 5.75 Å². The molecule has 108 valence electrons. The van der Waals surface area contributed by atoms with Crippen LogP contribution in [0.5, 0.6) is 5.75 Å². The standard InChI is InChI=1S/C15H16N4O2/c1-19-9-3-4-12(19)10-16-15-18-17-14(21-15)11-5-7-13(20-2)8-6-11/h3-9H,10H2,1-2H3,(H,16,18). The molecule has 0 saturated carbocycles. The third-order valence-electron chi connectivity index (χ3n) is 3.23. The van der Waals surface area contributed by atoms with Gasteiger partial charge in [0.15, 0.2) is 0 Å². The van der Waals surface area contributed by atoms with Crippen molar-refractivity contribution in [2.75, 3.05) is 12.4 Å². The number of rotatable bonds is 5. The minimum Gasteiger partial charge on any atom is -0.497 e. The Bertz CT molecular complexity index is 715. The van der Waals surface area contributed by atoms with Crippen molar-refractivity contribution in [1.29, 1.82) is 0 Å². The highest BCUT2D eigenvalue weighted by atomic mass is 16.5. The summed E-state index contributed by atoms with van der Waals surface area (Å²) in [5, 5.41) is 11.1. The second-order valence-electron chi connectivity index (χ2n) is 4.60. The zero-order valence-corrected chi connectivity index (χ0v) is 11.9. The van der Waals surface area contributed by atoms with Crippen molar-refractivity contribution < 1.29 is 9.15 Å². The molecule has 0 spiro atoms. The molecule has 0 unspecified atom stereocenters. The number of benzene rings is 1. The van der Waals surface area contributed by atoms with Crippen LogP contribution in [0.2, 0.25) is 0 Å². The highest BCUT2D eigenvalue weighted by Crippen LogP contribution is 2.22. The van der Waals surface area contributed by atoms with E-state index in [1.807, 2.05) is 54.2 Å². The molecule has 0 aliphatic heterocycles. The first-order valence-corrected chi connectivity index (χ1v) is 6.58. The summed E-state index contributed by atoms with van der Waals surface area (Å²) in [6.07, 6.45) is 1.99. The molecule has 0 radical (unpaired) electrons. The average Bonchev–Trinajstić information content (AvgIpc) is 3.14. The van der Waals surface area contributed by atoms with Gasteiger partial charge in [-0.1, -0.05) is 5.10 Å². The van der Waals surface area contributed by atoms with Gasteiger partial charge >= 0.3 is 6.01 Å². The summed E-state index contributed by atoms with van der Waals surface area (Å²) in [6.45, 7) is 0.633. The van der Waals surface area contributed by atoms with E-state index < -0.39 is 0 Å². The van der Waals surface area contributed by atoms with E-state index in [9.17, 15) is 0 Å². The quantitative estimate of drug-likeness (QED) is 0.780. The van der Waals surface area contributed by atoms with Crippen LogP contribution < -0.4 is 10.1 Å². The van der Waals surface area contributed by atoms with Crippen LogP contribution in [0, 0.1) is 0 Å². The number of anilines is 1. The Balaban J connectivity index is 1.69. The van der Waals surface area contributed by atoms with E-state index in [1.165, 1.54) is 0 Å². The summed E-state index contributed by atoms with van der Waals surface area (Å²) >= 11 is 0. The minimum absolute atomic E-state index is 0.405. The molecule has 0 fully saturated rings. The Kier molecular flexibility index (Phi) is 3.59. The van der Waals surface area contributed by atoms with E-state index in [0.717, 1.165) is 17.0 Å². The number of hydrogen-bond acceptors (Lipinski definition) is 5. The number of hydrogen-bond donors (Lipinski definition) is 1. The third-order valence-corrected chi connectivity index (χ3v) is 3.23. The van der Waals surface area contributed by atoms with Crippen molar-refractivity contribution in [3.8, 4) is 17.2 Å². The number of aromatic nitrogens is 3. The van der Waals surface area contributed by atoms with Gasteiger partial charge in [-0.25, -0.2) is 0 Å². The van der Waals surface area contributed by atoms with Crippen molar-refractivity contribution in [3.63, 3.8) is 0 Å². The molecule has 3 rings (SSSR count). The lowest BCUT2D eigenvalue weighted by Gasteiger charge is -2.03. The minimum atomic E-state index is 0.405. The predicted molar refractivity (Wildman–Crippen MR) is 79.0 cm³/mol. The molecule has 1 N–H and O–H groups in total. The zero-order valence-electron chi connectivity index (χ0n) is 11.9. The smallest absolute Gasteiger partial charge is 0.316 e. The maximum Gasteiger partial charge on any atom is 0.316 e. The maximum atomic E-state index is 5.60. The van der Waals surface area contributed by atoms with Crippen LogP contribution in [0.25, 0.3) is 11.5 Å². The molecule has 2 aromatic heterocycles. The van der Waals surface area contributed by atoms with Gasteiger partial charge in [-0.05, 0) is 36.4 Å². The summed E-state index contributed by atoms with van der Waals surface area (Å²) in [5.74, 6) is 1.27. The molecular weight excluding hydrogens is 268 g/mol. The second kappa shape index (κ2) is 5.70. The lowest BCUT2D eigenvalue weighted by atomic mass is 10.2. The lowest BCUT2D eigenvalue weighted by molar-refractivity contribution is 0.415. The SMILES string of the molecule is COc1ccc(-c2nnc(NCc3cccn3C)o2)cc1. The fraction of sp³-hybridized carbons (Fsp3) is 0.200. The summed E-state index contributed by atoms with van der Waals surface area (Å²) in [7, 11) is 3.63. The van der Waals surface area contributed by atoms with Gasteiger partial charge in [0.05, 0.1) is 13.7 Å². The first kappa shape index (κ1) is 13.2. The second-order valence-corrected chi connectivity index (χ2v) is 4.60. The number of nitrogens with one attached hydrogen (secondary N) is 1. The Morgan fingerprint density at radius 1 is 1.19 bits per heavy atom. The molecule has 0 saturated heterocycles. The van der Waals surface area contributed by atoms with E-state index in [2.05, 4.69) is 15.5 Å². The molecule has 0 bridgehead atoms. The summed E-state index contributed by atoms with van der Waals surface area (Å²) in [5.41, 5.74) is 1.99. The first-order chi connectivity index (χ1) is 10.3. The molecular formula is C15H16N4O2. The van der Waals surface area contributed by atoms with E-state index >= 15 is 0 Å². The van der Waals surface area contributed by atoms with Crippen LogP contribution in [0.3, 0.4) is 0 Å². The van der Waals surface area contributed by atoms with Crippen LogP contribution in [0.15, 0.2) is 47.0 Å². The zero-order chi connectivity index (χ0) is 14.7. The lowest BCUT2D eigenvalue weighted by Crippen LogP contribution is -2.03. The first-order valence-electron chi connectivity index (χ1n) is 6.58. The molecule has 6 nitrogen and oxygen atoms in total. The van der Waals surface area contributed by atoms with Gasteiger partial charge in [0.2, 0.25) is 5.89 Å². The normalized spacial score (nSPS) is 10.6. The molecule has 6 heteroatoms. The van der Waals surface area contributed by atoms with Gasteiger partial charge in [0, 0.05) is 24.5 Å². The van der Waals surface area contributed by atoms with Crippen LogP contribution in [0.1, 0.15) is 5.69 Å². The molecule has 0 aliphatic rings. The number of nitrogens with zero attached hydrogens (tertiary/aromatic N) is 3. The summed E-state index contributed by atoms with van der Waals surface area (Å²) in [4.78, 5) is 0. The van der Waals surface area contributed by atoms with Crippen molar-refractivity contribution in [3.05, 3.63) is 48.3 Å². The van der Waals surface area contributed by atoms with Crippen molar-refractivity contribution in [1.82, 2.24) is 14.8 Å². The van der Waals surface area contributed by atoms with Gasteiger partial charge in [-0.2, -0.15) is 0 Å². The van der Waals surface area contributed by atoms with Crippen LogP contribution in [-0.2, 0) is 13.6 Å². The van der Waals surface area contributed by atoms with E-state index in [0.29, 0.717) is 18.5 Å². The Morgan fingerprint density at radius 2 is 2.00 bits per heavy atom. The van der Waals surface area contributed by atoms with Gasteiger partial charge in [-0.15, -0.1) is 5.10 Å². The van der Waals surface area contributed by atoms with Gasteiger partial charge < -0.3 is 19.0 Å². The van der Waals surface area contributed by atoms with Crippen molar-refractivity contribution in [2.24, 2.45) is 7.05 Å². The average molecular weight is 284 g/mol. The topological polar surface area (TPSA) is 65.1 Å². The summed E-state index contributed by atoms with van der Waals surface area (Å²) in [6, 6.07) is 11.9. The Hall–Kier alpha value is -2.76. The maximum absolute atomic E-state index is 5.60. The van der Waals surface area contributed by atoms with Crippen molar-refractivity contribution >= 4 is 6.01 Å². The molecule has 0 atom stereocenters. The van der Waals surface area contributed by atoms with Gasteiger partial charge in [0.25, 0.3) is 0 Å². The number of aryl methyl sites for hydroxylation is 1. The van der Waals surface area contributed by atoms with E-state index in [4.69, 9.17) is 9.15 Å². The molecule has 0 aliphatic carbocycles. The number of ether oxygens (including phenoxy) is 1. The molecule has 2 heterocycles. The molecule has 3 aromatic rings. The van der Waals surface area contributed by atoms with Crippen LogP contribution in [-0.4, -0.2) is 21.9 Å². The molecule has 1 aromatic carbocycles. The third kappa shape index (κ3) is 2.89. The van der Waals surface area contributed by atoms with Crippen LogP contribution in [0.4, 0.5) is 6.01 Å². The monoisotopic (exact) mass is 284 g/mol. The van der Waals surface area contributed by atoms with Crippen LogP contribution >= 0.6 is 0 Å². The highest BCUT2D eigenvalue weighted by Gasteiger charge is 2.08. The van der Waals surface area contributed by atoms with Gasteiger partial charge in [-0.3, -0.25) is 0 Å². The fourth-order valence-electron chi connectivity index (χ4n) is 1.99. The molecule has 0 amide bonds. The van der Waals surface area contributed by atoms with E-state index in [-0.39, 0.29) is 0 Å². The summed E-state index contributed by atoms with van der Waals surface area (Å²) < 4.78 is 12.8. The highest BCUT2D eigenvalue weighted by molar-refractivity contribution is 5.54. The largest absolute Gasteiger partial charge is 0.497 e. The van der Waals surface area contributed by atoms with E-state index in [1.54, 1.807) is 7.11 Å².